The first-order chi connectivity index (χ1) is 12.7. The van der Waals surface area contributed by atoms with Crippen molar-refractivity contribution in [2.45, 2.75) is 18.2 Å². The molecule has 7 nitrogen and oxygen atoms in total. The number of halogens is 1. The lowest BCUT2D eigenvalue weighted by molar-refractivity contribution is -0.117. The summed E-state index contributed by atoms with van der Waals surface area (Å²) in [5.41, 5.74) is 1.28. The Morgan fingerprint density at radius 3 is 2.37 bits per heavy atom. The van der Waals surface area contributed by atoms with Crippen molar-refractivity contribution in [1.29, 1.82) is 0 Å². The zero-order valence-corrected chi connectivity index (χ0v) is 17.3. The molecule has 144 valence electrons. The van der Waals surface area contributed by atoms with Crippen molar-refractivity contribution in [3.63, 3.8) is 0 Å². The highest BCUT2D eigenvalue weighted by Gasteiger charge is 2.14. The standard InChI is InChI=1S/C18H20BrN3O4S/c1-13(23)22(2)16-8-6-15(7-9-16)21-18(24)10-11-20-27(25,26)17-5-3-4-14(19)12-17/h3-9,12,20H,10-11H2,1-2H3,(H,21,24). The fourth-order valence-electron chi connectivity index (χ4n) is 2.19. The molecule has 0 bridgehead atoms. The quantitative estimate of drug-likeness (QED) is 0.673. The zero-order chi connectivity index (χ0) is 20.0. The number of sulfonamides is 1. The second kappa shape index (κ2) is 9.12. The fraction of sp³-hybridized carbons (Fsp3) is 0.222. The van der Waals surface area contributed by atoms with E-state index in [1.807, 2.05) is 0 Å². The predicted octanol–water partition coefficient (Wildman–Crippen LogP) is 2.74. The lowest BCUT2D eigenvalue weighted by Crippen LogP contribution is -2.27. The smallest absolute Gasteiger partial charge is 0.240 e. The number of hydrogen-bond donors (Lipinski definition) is 2. The van der Waals surface area contributed by atoms with Crippen LogP contribution in [0.2, 0.25) is 0 Å². The van der Waals surface area contributed by atoms with Crippen molar-refractivity contribution < 1.29 is 18.0 Å². The molecule has 2 aromatic rings. The van der Waals surface area contributed by atoms with E-state index in [-0.39, 0.29) is 29.7 Å². The Hall–Kier alpha value is -2.23. The van der Waals surface area contributed by atoms with Gasteiger partial charge in [0.05, 0.1) is 4.90 Å². The summed E-state index contributed by atoms with van der Waals surface area (Å²) in [6, 6.07) is 13.1. The van der Waals surface area contributed by atoms with Crippen LogP contribution in [0.25, 0.3) is 0 Å². The molecule has 2 aromatic carbocycles. The summed E-state index contributed by atoms with van der Waals surface area (Å²) in [7, 11) is -2.01. The van der Waals surface area contributed by atoms with Crippen molar-refractivity contribution in [2.75, 3.05) is 23.8 Å². The van der Waals surface area contributed by atoms with Crippen LogP contribution in [0.1, 0.15) is 13.3 Å². The number of amides is 2. The third-order valence-electron chi connectivity index (χ3n) is 3.76. The first-order valence-corrected chi connectivity index (χ1v) is 10.4. The highest BCUT2D eigenvalue weighted by Crippen LogP contribution is 2.17. The third-order valence-corrected chi connectivity index (χ3v) is 5.71. The maximum atomic E-state index is 12.2. The van der Waals surface area contributed by atoms with E-state index in [4.69, 9.17) is 0 Å². The molecule has 0 saturated heterocycles. The molecule has 0 aliphatic rings. The summed E-state index contributed by atoms with van der Waals surface area (Å²) < 4.78 is 27.4. The fourth-order valence-corrected chi connectivity index (χ4v) is 3.82. The van der Waals surface area contributed by atoms with E-state index in [0.29, 0.717) is 15.8 Å². The molecule has 0 aliphatic heterocycles. The second-order valence-electron chi connectivity index (χ2n) is 5.78. The Bertz CT molecular complexity index is 930. The van der Waals surface area contributed by atoms with Gasteiger partial charge in [-0.25, -0.2) is 13.1 Å². The van der Waals surface area contributed by atoms with Crippen LogP contribution in [0, 0.1) is 0 Å². The number of nitrogens with zero attached hydrogens (tertiary/aromatic N) is 1. The second-order valence-corrected chi connectivity index (χ2v) is 8.46. The predicted molar refractivity (Wildman–Crippen MR) is 108 cm³/mol. The maximum Gasteiger partial charge on any atom is 0.240 e. The summed E-state index contributed by atoms with van der Waals surface area (Å²) in [5.74, 6) is -0.413. The van der Waals surface area contributed by atoms with Crippen LogP contribution in [-0.4, -0.2) is 33.8 Å². The molecule has 0 aromatic heterocycles. The van der Waals surface area contributed by atoms with Gasteiger partial charge in [0.1, 0.15) is 0 Å². The van der Waals surface area contributed by atoms with Crippen molar-refractivity contribution in [2.24, 2.45) is 0 Å². The molecule has 0 radical (unpaired) electrons. The Labute approximate surface area is 166 Å². The number of nitrogens with one attached hydrogen (secondary N) is 2. The van der Waals surface area contributed by atoms with Gasteiger partial charge in [-0.15, -0.1) is 0 Å². The van der Waals surface area contributed by atoms with Crippen LogP contribution in [0.4, 0.5) is 11.4 Å². The van der Waals surface area contributed by atoms with Crippen molar-refractivity contribution in [1.82, 2.24) is 4.72 Å². The number of benzene rings is 2. The van der Waals surface area contributed by atoms with E-state index in [9.17, 15) is 18.0 Å². The Morgan fingerprint density at radius 2 is 1.78 bits per heavy atom. The van der Waals surface area contributed by atoms with Crippen LogP contribution in [-0.2, 0) is 19.6 Å². The summed E-state index contributed by atoms with van der Waals surface area (Å²) in [6.07, 6.45) is -0.0116. The summed E-state index contributed by atoms with van der Waals surface area (Å²) >= 11 is 3.23. The number of anilines is 2. The van der Waals surface area contributed by atoms with Gasteiger partial charge in [-0.1, -0.05) is 22.0 Å². The monoisotopic (exact) mass is 453 g/mol. The molecule has 0 atom stereocenters. The molecule has 2 rings (SSSR count). The molecule has 0 fully saturated rings. The van der Waals surface area contributed by atoms with Gasteiger partial charge >= 0.3 is 0 Å². The summed E-state index contributed by atoms with van der Waals surface area (Å²) in [6.45, 7) is 1.44. The van der Waals surface area contributed by atoms with E-state index >= 15 is 0 Å². The molecule has 0 unspecified atom stereocenters. The van der Waals surface area contributed by atoms with E-state index in [1.165, 1.54) is 24.0 Å². The molecule has 2 N–H and O–H groups in total. The van der Waals surface area contributed by atoms with Gasteiger partial charge < -0.3 is 10.2 Å². The molecule has 27 heavy (non-hydrogen) atoms. The number of carbonyl (C=O) groups excluding carboxylic acids is 2. The largest absolute Gasteiger partial charge is 0.326 e. The molecule has 0 heterocycles. The minimum atomic E-state index is -3.67. The summed E-state index contributed by atoms with van der Waals surface area (Å²) in [4.78, 5) is 24.9. The van der Waals surface area contributed by atoms with Gasteiger partial charge in [0.2, 0.25) is 21.8 Å². The van der Waals surface area contributed by atoms with E-state index in [2.05, 4.69) is 26.0 Å². The minimum Gasteiger partial charge on any atom is -0.326 e. The van der Waals surface area contributed by atoms with Gasteiger partial charge in [0.25, 0.3) is 0 Å². The van der Waals surface area contributed by atoms with E-state index in [1.54, 1.807) is 43.4 Å². The van der Waals surface area contributed by atoms with Gasteiger partial charge in [-0.05, 0) is 42.5 Å². The molecular formula is C18H20BrN3O4S. The van der Waals surface area contributed by atoms with Gasteiger partial charge in [0.15, 0.2) is 0 Å². The molecule has 0 spiro atoms. The SMILES string of the molecule is CC(=O)N(C)c1ccc(NC(=O)CCNS(=O)(=O)c2cccc(Br)c2)cc1. The Morgan fingerprint density at radius 1 is 1.11 bits per heavy atom. The van der Waals surface area contributed by atoms with Gasteiger partial charge in [-0.3, -0.25) is 9.59 Å². The highest BCUT2D eigenvalue weighted by molar-refractivity contribution is 9.10. The van der Waals surface area contributed by atoms with Crippen LogP contribution < -0.4 is 14.9 Å². The zero-order valence-electron chi connectivity index (χ0n) is 14.9. The lowest BCUT2D eigenvalue weighted by atomic mass is 10.2. The van der Waals surface area contributed by atoms with Gasteiger partial charge in [0, 0.05) is 42.8 Å². The van der Waals surface area contributed by atoms with Crippen molar-refractivity contribution in [3.8, 4) is 0 Å². The Kier molecular flexibility index (Phi) is 7.11. The van der Waals surface area contributed by atoms with Crippen LogP contribution in [0.5, 0.6) is 0 Å². The summed E-state index contributed by atoms with van der Waals surface area (Å²) in [5, 5.41) is 2.69. The molecular weight excluding hydrogens is 434 g/mol. The normalized spacial score (nSPS) is 11.1. The topological polar surface area (TPSA) is 95.6 Å². The van der Waals surface area contributed by atoms with E-state index in [0.717, 1.165) is 0 Å². The number of rotatable bonds is 7. The lowest BCUT2D eigenvalue weighted by Gasteiger charge is -2.15. The Balaban J connectivity index is 1.86. The first kappa shape index (κ1) is 21.1. The van der Waals surface area contributed by atoms with Gasteiger partial charge in [-0.2, -0.15) is 0 Å². The number of carbonyl (C=O) groups is 2. The van der Waals surface area contributed by atoms with Crippen molar-refractivity contribution >= 4 is 49.1 Å². The molecule has 2 amide bonds. The third kappa shape index (κ3) is 6.16. The van der Waals surface area contributed by atoms with Crippen molar-refractivity contribution in [3.05, 3.63) is 53.0 Å². The van der Waals surface area contributed by atoms with E-state index < -0.39 is 10.0 Å². The molecule has 9 heteroatoms. The number of hydrogen-bond acceptors (Lipinski definition) is 4. The minimum absolute atomic E-state index is 0.0116. The molecule has 0 saturated carbocycles. The highest BCUT2D eigenvalue weighted by atomic mass is 79.9. The van der Waals surface area contributed by atoms with Crippen LogP contribution >= 0.6 is 15.9 Å². The molecule has 0 aliphatic carbocycles. The average Bonchev–Trinajstić information content (AvgIpc) is 2.61. The first-order valence-electron chi connectivity index (χ1n) is 8.08. The van der Waals surface area contributed by atoms with Crippen LogP contribution in [0.3, 0.4) is 0 Å². The average molecular weight is 454 g/mol. The van der Waals surface area contributed by atoms with Crippen LogP contribution in [0.15, 0.2) is 57.9 Å². The maximum absolute atomic E-state index is 12.2.